The third-order valence-electron chi connectivity index (χ3n) is 5.82. The Balaban J connectivity index is 0.00000243. The summed E-state index contributed by atoms with van der Waals surface area (Å²) in [6.45, 7) is 7.97. The highest BCUT2D eigenvalue weighted by molar-refractivity contribution is 14.0. The number of nitrogens with zero attached hydrogens (tertiary/aromatic N) is 1. The molecule has 0 spiro atoms. The molecule has 1 aliphatic carbocycles. The maximum Gasteiger partial charge on any atom is 0.195 e. The molecule has 0 radical (unpaired) electrons. The van der Waals surface area contributed by atoms with Crippen molar-refractivity contribution < 1.29 is 14.2 Å². The number of rotatable bonds is 3. The van der Waals surface area contributed by atoms with Crippen molar-refractivity contribution in [3.8, 4) is 11.5 Å². The molecule has 26 heavy (non-hydrogen) atoms. The van der Waals surface area contributed by atoms with Gasteiger partial charge in [0.25, 0.3) is 0 Å². The van der Waals surface area contributed by atoms with Crippen molar-refractivity contribution in [3.05, 3.63) is 18.2 Å². The average molecular weight is 475 g/mol. The number of fused-ring (bicyclic) bond motifs is 1. The average Bonchev–Trinajstić information content (AvgIpc) is 2.85. The molecule has 2 aliphatic rings. The summed E-state index contributed by atoms with van der Waals surface area (Å²) in [5.74, 6) is 2.31. The lowest BCUT2D eigenvalue weighted by atomic mass is 9.56. The molecule has 2 unspecified atom stereocenters. The first kappa shape index (κ1) is 21.1. The van der Waals surface area contributed by atoms with Crippen LogP contribution in [0.3, 0.4) is 0 Å². The summed E-state index contributed by atoms with van der Waals surface area (Å²) in [7, 11) is 3.56. The topological polar surface area (TPSA) is 64.1 Å². The zero-order valence-electron chi connectivity index (χ0n) is 16.2. The second kappa shape index (κ2) is 8.21. The van der Waals surface area contributed by atoms with Gasteiger partial charge in [-0.25, -0.2) is 0 Å². The minimum Gasteiger partial charge on any atom is -0.490 e. The number of anilines is 1. The first-order chi connectivity index (χ1) is 11.9. The number of methoxy groups -OCH3 is 1. The van der Waals surface area contributed by atoms with Crippen molar-refractivity contribution in [1.82, 2.24) is 5.32 Å². The lowest BCUT2D eigenvalue weighted by Gasteiger charge is -2.59. The predicted molar refractivity (Wildman–Crippen MR) is 115 cm³/mol. The van der Waals surface area contributed by atoms with Crippen LogP contribution in [0.2, 0.25) is 0 Å². The van der Waals surface area contributed by atoms with Gasteiger partial charge in [-0.05, 0) is 25.5 Å². The highest BCUT2D eigenvalue weighted by Crippen LogP contribution is 2.51. The highest BCUT2D eigenvalue weighted by atomic mass is 127. The number of ether oxygens (including phenoxy) is 3. The Morgan fingerprint density at radius 3 is 2.50 bits per heavy atom. The fraction of sp³-hybridized carbons (Fsp3) is 0.632. The van der Waals surface area contributed by atoms with Crippen LogP contribution in [0.4, 0.5) is 5.69 Å². The van der Waals surface area contributed by atoms with Gasteiger partial charge in [-0.2, -0.15) is 0 Å². The van der Waals surface area contributed by atoms with Crippen molar-refractivity contribution in [2.45, 2.75) is 45.3 Å². The maximum absolute atomic E-state index is 5.75. The highest BCUT2D eigenvalue weighted by Gasteiger charge is 2.58. The Kier molecular flexibility index (Phi) is 6.65. The van der Waals surface area contributed by atoms with Crippen LogP contribution in [-0.2, 0) is 4.74 Å². The Hall–Kier alpha value is -1.22. The fourth-order valence-electron chi connectivity index (χ4n) is 3.42. The van der Waals surface area contributed by atoms with E-state index >= 15 is 0 Å². The van der Waals surface area contributed by atoms with Crippen LogP contribution in [-0.4, -0.2) is 45.0 Å². The quantitative estimate of drug-likeness (QED) is 0.397. The first-order valence-electron chi connectivity index (χ1n) is 8.85. The van der Waals surface area contributed by atoms with Crippen molar-refractivity contribution in [1.29, 1.82) is 0 Å². The fourth-order valence-corrected chi connectivity index (χ4v) is 3.42. The van der Waals surface area contributed by atoms with E-state index in [1.807, 2.05) is 18.2 Å². The van der Waals surface area contributed by atoms with Crippen LogP contribution in [0.5, 0.6) is 11.5 Å². The first-order valence-corrected chi connectivity index (χ1v) is 8.85. The van der Waals surface area contributed by atoms with E-state index in [1.54, 1.807) is 14.2 Å². The van der Waals surface area contributed by atoms with Crippen LogP contribution < -0.4 is 20.1 Å². The second-order valence-electron chi connectivity index (χ2n) is 7.47. The number of halogens is 1. The molecule has 146 valence electrons. The molecule has 1 fully saturated rings. The SMILES string of the molecule is CN=C(Nc1ccc2c(c1)OCCCO2)NC1CC(C)(OC)C1(C)C.I. The van der Waals surface area contributed by atoms with Gasteiger partial charge in [0, 0.05) is 43.8 Å². The van der Waals surface area contributed by atoms with Crippen LogP contribution in [0.15, 0.2) is 23.2 Å². The van der Waals surface area contributed by atoms with Gasteiger partial charge in [0.15, 0.2) is 17.5 Å². The Bertz CT molecular complexity index is 665. The van der Waals surface area contributed by atoms with E-state index < -0.39 is 0 Å². The van der Waals surface area contributed by atoms with E-state index in [0.717, 1.165) is 36.0 Å². The number of aliphatic imine (C=N–C) groups is 1. The van der Waals surface area contributed by atoms with Gasteiger partial charge in [0.05, 0.1) is 18.8 Å². The monoisotopic (exact) mass is 475 g/mol. The molecule has 1 heterocycles. The molecule has 1 aromatic carbocycles. The zero-order chi connectivity index (χ0) is 18.1. The van der Waals surface area contributed by atoms with Crippen LogP contribution in [0, 0.1) is 5.41 Å². The molecule has 1 saturated carbocycles. The Morgan fingerprint density at radius 1 is 1.19 bits per heavy atom. The van der Waals surface area contributed by atoms with Crippen molar-refractivity contribution in [2.75, 3.05) is 32.7 Å². The number of hydrogen-bond donors (Lipinski definition) is 2. The molecule has 3 rings (SSSR count). The molecule has 2 N–H and O–H groups in total. The van der Waals surface area contributed by atoms with E-state index in [4.69, 9.17) is 14.2 Å². The number of nitrogens with one attached hydrogen (secondary N) is 2. The van der Waals surface area contributed by atoms with E-state index in [0.29, 0.717) is 19.3 Å². The summed E-state index contributed by atoms with van der Waals surface area (Å²) >= 11 is 0. The minimum atomic E-state index is -0.112. The van der Waals surface area contributed by atoms with Crippen LogP contribution in [0.25, 0.3) is 0 Å². The molecule has 6 nitrogen and oxygen atoms in total. The van der Waals surface area contributed by atoms with E-state index in [2.05, 4.69) is 36.4 Å². The maximum atomic E-state index is 5.75. The lowest BCUT2D eigenvalue weighted by molar-refractivity contribution is -0.176. The van der Waals surface area contributed by atoms with E-state index in [-0.39, 0.29) is 35.0 Å². The van der Waals surface area contributed by atoms with Gasteiger partial charge in [-0.1, -0.05) is 13.8 Å². The minimum absolute atomic E-state index is 0. The van der Waals surface area contributed by atoms with Gasteiger partial charge < -0.3 is 24.8 Å². The molecule has 0 saturated heterocycles. The van der Waals surface area contributed by atoms with Gasteiger partial charge in [-0.15, -0.1) is 24.0 Å². The Labute approximate surface area is 173 Å². The van der Waals surface area contributed by atoms with Crippen molar-refractivity contribution in [3.63, 3.8) is 0 Å². The van der Waals surface area contributed by atoms with Gasteiger partial charge in [0.2, 0.25) is 0 Å². The van der Waals surface area contributed by atoms with Crippen molar-refractivity contribution in [2.24, 2.45) is 10.4 Å². The second-order valence-corrected chi connectivity index (χ2v) is 7.47. The summed E-state index contributed by atoms with van der Waals surface area (Å²) < 4.78 is 17.1. The summed E-state index contributed by atoms with van der Waals surface area (Å²) in [6.07, 6.45) is 1.84. The molecular weight excluding hydrogens is 445 g/mol. The van der Waals surface area contributed by atoms with Gasteiger partial charge >= 0.3 is 0 Å². The lowest BCUT2D eigenvalue weighted by Crippen LogP contribution is -2.69. The molecule has 7 heteroatoms. The third-order valence-corrected chi connectivity index (χ3v) is 5.82. The molecule has 1 aromatic rings. The summed E-state index contributed by atoms with van der Waals surface area (Å²) in [5, 5.41) is 6.85. The third kappa shape index (κ3) is 3.88. The molecular formula is C19H30IN3O3. The molecule has 0 aromatic heterocycles. The summed E-state index contributed by atoms with van der Waals surface area (Å²) in [5.41, 5.74) is 0.826. The molecule has 0 bridgehead atoms. The molecule has 2 atom stereocenters. The summed E-state index contributed by atoms with van der Waals surface area (Å²) in [4.78, 5) is 4.36. The predicted octanol–water partition coefficient (Wildman–Crippen LogP) is 3.66. The normalized spacial score (nSPS) is 26.8. The van der Waals surface area contributed by atoms with Gasteiger partial charge in [0.1, 0.15) is 0 Å². The smallest absolute Gasteiger partial charge is 0.195 e. The number of hydrogen-bond acceptors (Lipinski definition) is 4. The van der Waals surface area contributed by atoms with Crippen LogP contribution in [0.1, 0.15) is 33.6 Å². The van der Waals surface area contributed by atoms with E-state index in [9.17, 15) is 0 Å². The van der Waals surface area contributed by atoms with Crippen LogP contribution >= 0.6 is 24.0 Å². The van der Waals surface area contributed by atoms with Crippen molar-refractivity contribution >= 4 is 35.6 Å². The number of benzene rings is 1. The molecule has 0 amide bonds. The molecule has 1 aliphatic heterocycles. The standard InChI is InChI=1S/C19H29N3O3.HI/c1-18(2)16(12-19(18,3)23-5)22-17(20-4)21-13-7-8-14-15(11-13)25-10-6-9-24-14;/h7-8,11,16H,6,9-10,12H2,1-5H3,(H2,20,21,22);1H. The van der Waals surface area contributed by atoms with Gasteiger partial charge in [-0.3, -0.25) is 4.99 Å². The summed E-state index contributed by atoms with van der Waals surface area (Å²) in [6, 6.07) is 6.17. The zero-order valence-corrected chi connectivity index (χ0v) is 18.5. The number of guanidine groups is 1. The largest absolute Gasteiger partial charge is 0.490 e. The Morgan fingerprint density at radius 2 is 1.88 bits per heavy atom. The van der Waals surface area contributed by atoms with E-state index in [1.165, 1.54) is 0 Å².